The number of carbonyl (C=O) groups is 1. The molecule has 1 aromatic heterocycles. The lowest BCUT2D eigenvalue weighted by Crippen LogP contribution is -2.39. The van der Waals surface area contributed by atoms with Crippen LogP contribution in [0.25, 0.3) is 0 Å². The van der Waals surface area contributed by atoms with E-state index in [0.29, 0.717) is 16.6 Å². The molecule has 0 atom stereocenters. The molecule has 88 valence electrons. The van der Waals surface area contributed by atoms with Crippen molar-refractivity contribution < 1.29 is 4.79 Å². The molecule has 2 heterocycles. The summed E-state index contributed by atoms with van der Waals surface area (Å²) in [6.07, 6.45) is 2.01. The lowest BCUT2D eigenvalue weighted by atomic mass is 10.1. The number of nitrogens with two attached hydrogens (primary N) is 2. The molecule has 0 aliphatic carbocycles. The number of ketones is 1. The molecule has 0 spiro atoms. The summed E-state index contributed by atoms with van der Waals surface area (Å²) in [5, 5.41) is 1.09. The Kier molecular flexibility index (Phi) is 3.16. The Morgan fingerprint density at radius 2 is 2.12 bits per heavy atom. The average molecular weight is 239 g/mol. The minimum Gasteiger partial charge on any atom is -0.397 e. The summed E-state index contributed by atoms with van der Waals surface area (Å²) in [5.74, 6) is 0.0439. The highest BCUT2D eigenvalue weighted by Gasteiger charge is 2.19. The number of carbonyl (C=O) groups excluding carboxylic acids is 1. The Morgan fingerprint density at radius 1 is 1.50 bits per heavy atom. The van der Waals surface area contributed by atoms with Gasteiger partial charge in [0.25, 0.3) is 0 Å². The van der Waals surface area contributed by atoms with Crippen LogP contribution in [0.2, 0.25) is 0 Å². The predicted octanol–water partition coefficient (Wildman–Crippen LogP) is 1.46. The van der Waals surface area contributed by atoms with E-state index in [1.807, 2.05) is 6.07 Å². The highest BCUT2D eigenvalue weighted by Crippen LogP contribution is 2.33. The number of thiophene rings is 1. The van der Waals surface area contributed by atoms with Gasteiger partial charge in [0, 0.05) is 26.1 Å². The van der Waals surface area contributed by atoms with Crippen LogP contribution in [-0.2, 0) is 0 Å². The number of piperidine rings is 1. The second-order valence-electron chi connectivity index (χ2n) is 4.25. The van der Waals surface area contributed by atoms with E-state index in [-0.39, 0.29) is 5.78 Å². The molecule has 1 saturated heterocycles. The fraction of sp³-hybridized carbons (Fsp3) is 0.545. The number of anilines is 2. The van der Waals surface area contributed by atoms with Gasteiger partial charge in [0.1, 0.15) is 0 Å². The van der Waals surface area contributed by atoms with Gasteiger partial charge in [-0.25, -0.2) is 0 Å². The van der Waals surface area contributed by atoms with Crippen molar-refractivity contribution in [3.63, 3.8) is 0 Å². The van der Waals surface area contributed by atoms with Gasteiger partial charge in [0.2, 0.25) is 0 Å². The first-order valence-corrected chi connectivity index (χ1v) is 6.30. The molecule has 0 bridgehead atoms. The maximum absolute atomic E-state index is 11.3. The van der Waals surface area contributed by atoms with E-state index in [0.717, 1.165) is 30.9 Å². The van der Waals surface area contributed by atoms with Crippen molar-refractivity contribution >= 4 is 27.8 Å². The Hall–Kier alpha value is -1.07. The Morgan fingerprint density at radius 3 is 2.62 bits per heavy atom. The third-order valence-corrected chi connectivity index (χ3v) is 4.23. The molecule has 5 heteroatoms. The van der Waals surface area contributed by atoms with Gasteiger partial charge < -0.3 is 16.4 Å². The summed E-state index contributed by atoms with van der Waals surface area (Å²) < 4.78 is 0. The lowest BCUT2D eigenvalue weighted by molar-refractivity contribution is 0.102. The Balaban J connectivity index is 2.15. The van der Waals surface area contributed by atoms with Crippen molar-refractivity contribution in [2.45, 2.75) is 25.8 Å². The first kappa shape index (κ1) is 11.4. The third kappa shape index (κ3) is 2.20. The molecule has 1 fully saturated rings. The van der Waals surface area contributed by atoms with Crippen molar-refractivity contribution in [3.05, 3.63) is 10.9 Å². The van der Waals surface area contributed by atoms with Crippen LogP contribution in [0, 0.1) is 0 Å². The van der Waals surface area contributed by atoms with Gasteiger partial charge in [-0.1, -0.05) is 0 Å². The molecule has 1 aliphatic heterocycles. The molecule has 0 radical (unpaired) electrons. The van der Waals surface area contributed by atoms with E-state index in [4.69, 9.17) is 11.5 Å². The largest absolute Gasteiger partial charge is 0.397 e. The van der Waals surface area contributed by atoms with Gasteiger partial charge in [-0.15, -0.1) is 11.3 Å². The zero-order chi connectivity index (χ0) is 11.7. The molecule has 16 heavy (non-hydrogen) atoms. The summed E-state index contributed by atoms with van der Waals surface area (Å²) in [6.45, 7) is 3.47. The number of rotatable bonds is 2. The molecule has 0 amide bonds. The van der Waals surface area contributed by atoms with Crippen LogP contribution in [0.3, 0.4) is 0 Å². The van der Waals surface area contributed by atoms with Crippen LogP contribution in [0.5, 0.6) is 0 Å². The summed E-state index contributed by atoms with van der Waals surface area (Å²) in [5.41, 5.74) is 12.3. The standard InChI is InChI=1S/C11H17N3OS/c1-7(15)11-9(13)6-10(16-11)14-4-2-8(12)3-5-14/h6,8H,2-5,12-13H2,1H3. The molecular weight excluding hydrogens is 222 g/mol. The van der Waals surface area contributed by atoms with Crippen LogP contribution in [-0.4, -0.2) is 24.9 Å². The SMILES string of the molecule is CC(=O)c1sc(N2CCC(N)CC2)cc1N. The molecular formula is C11H17N3OS. The molecule has 0 aromatic carbocycles. The fourth-order valence-electron chi connectivity index (χ4n) is 1.94. The fourth-order valence-corrected chi connectivity index (χ4v) is 2.97. The maximum atomic E-state index is 11.3. The van der Waals surface area contributed by atoms with Crippen molar-refractivity contribution in [2.24, 2.45) is 5.73 Å². The minimum atomic E-state index is 0.0439. The first-order valence-electron chi connectivity index (χ1n) is 5.48. The summed E-state index contributed by atoms with van der Waals surface area (Å²) in [7, 11) is 0. The number of nitrogens with zero attached hydrogens (tertiary/aromatic N) is 1. The van der Waals surface area contributed by atoms with Gasteiger partial charge in [-0.2, -0.15) is 0 Å². The van der Waals surface area contributed by atoms with Crippen LogP contribution in [0.1, 0.15) is 29.4 Å². The average Bonchev–Trinajstić information content (AvgIpc) is 2.61. The summed E-state index contributed by atoms with van der Waals surface area (Å²) >= 11 is 1.49. The predicted molar refractivity (Wildman–Crippen MR) is 68.2 cm³/mol. The number of nitrogen functional groups attached to an aromatic ring is 1. The van der Waals surface area contributed by atoms with Crippen molar-refractivity contribution in [1.82, 2.24) is 0 Å². The molecule has 1 aliphatic rings. The molecule has 0 saturated carbocycles. The van der Waals surface area contributed by atoms with Crippen molar-refractivity contribution in [1.29, 1.82) is 0 Å². The van der Waals surface area contributed by atoms with Gasteiger partial charge in [-0.05, 0) is 18.9 Å². The zero-order valence-electron chi connectivity index (χ0n) is 9.40. The highest BCUT2D eigenvalue weighted by molar-refractivity contribution is 7.18. The second kappa shape index (κ2) is 4.43. The number of hydrogen-bond acceptors (Lipinski definition) is 5. The van der Waals surface area contributed by atoms with E-state index < -0.39 is 0 Å². The smallest absolute Gasteiger partial charge is 0.171 e. The number of hydrogen-bond donors (Lipinski definition) is 2. The van der Waals surface area contributed by atoms with E-state index in [9.17, 15) is 4.79 Å². The maximum Gasteiger partial charge on any atom is 0.171 e. The Labute approximate surface area is 99.2 Å². The molecule has 2 rings (SSSR count). The normalized spacial score (nSPS) is 17.8. The van der Waals surface area contributed by atoms with E-state index in [1.165, 1.54) is 11.3 Å². The lowest BCUT2D eigenvalue weighted by Gasteiger charge is -2.30. The summed E-state index contributed by atoms with van der Waals surface area (Å²) in [4.78, 5) is 14.2. The van der Waals surface area contributed by atoms with Gasteiger partial charge in [0.05, 0.1) is 15.6 Å². The number of Topliss-reactive ketones (excluding diaryl/α,β-unsaturated/α-hetero) is 1. The third-order valence-electron chi connectivity index (χ3n) is 2.92. The second-order valence-corrected chi connectivity index (χ2v) is 5.28. The molecule has 1 aromatic rings. The van der Waals surface area contributed by atoms with E-state index in [2.05, 4.69) is 4.90 Å². The van der Waals surface area contributed by atoms with Crippen LogP contribution < -0.4 is 16.4 Å². The monoisotopic (exact) mass is 239 g/mol. The van der Waals surface area contributed by atoms with Crippen molar-refractivity contribution in [3.8, 4) is 0 Å². The Bertz CT molecular complexity index is 394. The first-order chi connectivity index (χ1) is 7.58. The topological polar surface area (TPSA) is 72.3 Å². The molecule has 4 N–H and O–H groups in total. The van der Waals surface area contributed by atoms with Crippen LogP contribution in [0.15, 0.2) is 6.07 Å². The zero-order valence-corrected chi connectivity index (χ0v) is 10.2. The van der Waals surface area contributed by atoms with Crippen LogP contribution >= 0.6 is 11.3 Å². The molecule has 0 unspecified atom stereocenters. The van der Waals surface area contributed by atoms with Crippen molar-refractivity contribution in [2.75, 3.05) is 23.7 Å². The van der Waals surface area contributed by atoms with Gasteiger partial charge in [0.15, 0.2) is 5.78 Å². The molecule has 4 nitrogen and oxygen atoms in total. The van der Waals surface area contributed by atoms with E-state index >= 15 is 0 Å². The van der Waals surface area contributed by atoms with E-state index in [1.54, 1.807) is 6.92 Å². The quantitative estimate of drug-likeness (QED) is 0.766. The van der Waals surface area contributed by atoms with Crippen LogP contribution in [0.4, 0.5) is 10.7 Å². The minimum absolute atomic E-state index is 0.0439. The van der Waals surface area contributed by atoms with Gasteiger partial charge in [-0.3, -0.25) is 4.79 Å². The van der Waals surface area contributed by atoms with Gasteiger partial charge >= 0.3 is 0 Å². The summed E-state index contributed by atoms with van der Waals surface area (Å²) in [6, 6.07) is 2.22. The highest BCUT2D eigenvalue weighted by atomic mass is 32.1.